The molecule has 0 spiro atoms. The summed E-state index contributed by atoms with van der Waals surface area (Å²) in [6.07, 6.45) is 0. The Balaban J connectivity index is 1.78. The summed E-state index contributed by atoms with van der Waals surface area (Å²) >= 11 is 6.15. The lowest BCUT2D eigenvalue weighted by Gasteiger charge is -2.08. The van der Waals surface area contributed by atoms with Crippen LogP contribution < -0.4 is 5.32 Å². The van der Waals surface area contributed by atoms with Crippen LogP contribution in [0.4, 0.5) is 10.1 Å². The third-order valence-electron chi connectivity index (χ3n) is 4.34. The van der Waals surface area contributed by atoms with E-state index in [-0.39, 0.29) is 11.6 Å². The van der Waals surface area contributed by atoms with E-state index in [9.17, 15) is 9.18 Å². The lowest BCUT2D eigenvalue weighted by molar-refractivity contribution is 0.101. The van der Waals surface area contributed by atoms with E-state index in [1.807, 2.05) is 43.3 Å². The summed E-state index contributed by atoms with van der Waals surface area (Å²) in [7, 11) is 0. The number of anilines is 1. The van der Waals surface area contributed by atoms with E-state index in [0.717, 1.165) is 16.8 Å². The highest BCUT2D eigenvalue weighted by Gasteiger charge is 2.20. The number of halogens is 2. The summed E-state index contributed by atoms with van der Waals surface area (Å²) in [5.41, 5.74) is 2.96. The second-order valence-electron chi connectivity index (χ2n) is 6.43. The molecule has 0 bridgehead atoms. The molecule has 0 radical (unpaired) electrons. The number of rotatable bonds is 4. The summed E-state index contributed by atoms with van der Waals surface area (Å²) in [6, 6.07) is 20.4. The molecule has 29 heavy (non-hydrogen) atoms. The van der Waals surface area contributed by atoms with Gasteiger partial charge in [0.2, 0.25) is 5.82 Å². The minimum absolute atomic E-state index is 0.00689. The van der Waals surface area contributed by atoms with Gasteiger partial charge in [-0.05, 0) is 55.0 Å². The molecule has 4 aromatic rings. The predicted molar refractivity (Wildman–Crippen MR) is 111 cm³/mol. The summed E-state index contributed by atoms with van der Waals surface area (Å²) in [6.45, 7) is 1.96. The normalized spacial score (nSPS) is 10.7. The van der Waals surface area contributed by atoms with Crippen LogP contribution in [0.5, 0.6) is 0 Å². The molecule has 0 fully saturated rings. The maximum atomic E-state index is 13.1. The number of nitrogens with one attached hydrogen (secondary N) is 1. The monoisotopic (exact) mass is 406 g/mol. The molecule has 0 aliphatic heterocycles. The van der Waals surface area contributed by atoms with Crippen molar-refractivity contribution < 1.29 is 9.18 Å². The van der Waals surface area contributed by atoms with Crippen LogP contribution in [0.2, 0.25) is 5.02 Å². The van der Waals surface area contributed by atoms with Crippen molar-refractivity contribution >= 4 is 23.2 Å². The highest BCUT2D eigenvalue weighted by atomic mass is 35.5. The van der Waals surface area contributed by atoms with Crippen molar-refractivity contribution in [1.82, 2.24) is 14.8 Å². The minimum Gasteiger partial charge on any atom is -0.319 e. The second-order valence-corrected chi connectivity index (χ2v) is 6.87. The molecule has 144 valence electrons. The molecule has 3 aromatic carbocycles. The zero-order valence-electron chi connectivity index (χ0n) is 15.4. The summed E-state index contributed by atoms with van der Waals surface area (Å²) < 4.78 is 14.7. The first-order valence-electron chi connectivity index (χ1n) is 8.87. The van der Waals surface area contributed by atoms with E-state index >= 15 is 0 Å². The molecule has 1 aromatic heterocycles. The summed E-state index contributed by atoms with van der Waals surface area (Å²) in [5, 5.41) is 7.68. The molecule has 1 N–H and O–H groups in total. The molecule has 4 rings (SSSR count). The SMILES string of the molecule is Cc1ccccc1-n1nc(C(=O)Nc2ccc(F)cc2)nc1-c1cccc(Cl)c1. The number of hydrogen-bond donors (Lipinski definition) is 1. The molecule has 0 atom stereocenters. The van der Waals surface area contributed by atoms with E-state index in [2.05, 4.69) is 15.4 Å². The number of benzene rings is 3. The molecule has 1 heterocycles. The zero-order chi connectivity index (χ0) is 20.4. The number of para-hydroxylation sites is 1. The van der Waals surface area contributed by atoms with Crippen molar-refractivity contribution in [3.63, 3.8) is 0 Å². The standard InChI is InChI=1S/C22H16ClFN4O/c1-14-5-2-3-8-19(14)28-21(15-6-4-7-16(23)13-15)26-20(27-28)22(29)25-18-11-9-17(24)10-12-18/h2-13H,1H3,(H,25,29). The molecular formula is C22H16ClFN4O. The van der Waals surface area contributed by atoms with Gasteiger partial charge in [-0.2, -0.15) is 0 Å². The van der Waals surface area contributed by atoms with Crippen LogP contribution in [0.15, 0.2) is 72.8 Å². The third-order valence-corrected chi connectivity index (χ3v) is 4.57. The first kappa shape index (κ1) is 18.8. The largest absolute Gasteiger partial charge is 0.319 e. The van der Waals surface area contributed by atoms with Gasteiger partial charge < -0.3 is 5.32 Å². The Morgan fingerprint density at radius 2 is 1.79 bits per heavy atom. The Labute approximate surface area is 171 Å². The van der Waals surface area contributed by atoms with Crippen LogP contribution in [0.3, 0.4) is 0 Å². The fourth-order valence-corrected chi connectivity index (χ4v) is 3.10. The molecule has 0 unspecified atom stereocenters. The Morgan fingerprint density at radius 1 is 1.03 bits per heavy atom. The van der Waals surface area contributed by atoms with Crippen molar-refractivity contribution in [3.05, 3.63) is 95.0 Å². The third kappa shape index (κ3) is 4.02. The lowest BCUT2D eigenvalue weighted by atomic mass is 10.2. The zero-order valence-corrected chi connectivity index (χ0v) is 16.2. The van der Waals surface area contributed by atoms with E-state index < -0.39 is 5.91 Å². The van der Waals surface area contributed by atoms with Crippen molar-refractivity contribution in [3.8, 4) is 17.1 Å². The van der Waals surface area contributed by atoms with Crippen LogP contribution >= 0.6 is 11.6 Å². The van der Waals surface area contributed by atoms with Gasteiger partial charge in [0.1, 0.15) is 5.82 Å². The first-order valence-corrected chi connectivity index (χ1v) is 9.25. The van der Waals surface area contributed by atoms with Gasteiger partial charge in [0.05, 0.1) is 5.69 Å². The Hall–Kier alpha value is -3.51. The molecule has 5 nitrogen and oxygen atoms in total. The van der Waals surface area contributed by atoms with Crippen LogP contribution in [0.1, 0.15) is 16.2 Å². The van der Waals surface area contributed by atoms with E-state index in [1.165, 1.54) is 24.3 Å². The highest BCUT2D eigenvalue weighted by molar-refractivity contribution is 6.30. The minimum atomic E-state index is -0.493. The van der Waals surface area contributed by atoms with Crippen molar-refractivity contribution in [2.45, 2.75) is 6.92 Å². The molecule has 0 aliphatic rings. The second kappa shape index (κ2) is 7.85. The van der Waals surface area contributed by atoms with Gasteiger partial charge in [-0.25, -0.2) is 14.1 Å². The Bertz CT molecular complexity index is 1190. The Kier molecular flexibility index (Phi) is 5.10. The van der Waals surface area contributed by atoms with Crippen molar-refractivity contribution in [2.24, 2.45) is 0 Å². The quantitative estimate of drug-likeness (QED) is 0.501. The average molecular weight is 407 g/mol. The smallest absolute Gasteiger partial charge is 0.295 e. The van der Waals surface area contributed by atoms with Gasteiger partial charge in [-0.1, -0.05) is 41.9 Å². The number of carbonyl (C=O) groups excluding carboxylic acids is 1. The molecule has 1 amide bonds. The van der Waals surface area contributed by atoms with E-state index in [0.29, 0.717) is 16.5 Å². The summed E-state index contributed by atoms with van der Waals surface area (Å²) in [4.78, 5) is 17.2. The number of carbonyl (C=O) groups is 1. The van der Waals surface area contributed by atoms with Gasteiger partial charge in [-0.15, -0.1) is 5.10 Å². The van der Waals surface area contributed by atoms with Crippen LogP contribution in [0, 0.1) is 12.7 Å². The van der Waals surface area contributed by atoms with Crippen LogP contribution in [-0.4, -0.2) is 20.7 Å². The Morgan fingerprint density at radius 3 is 2.52 bits per heavy atom. The average Bonchev–Trinajstić information content (AvgIpc) is 3.15. The predicted octanol–water partition coefficient (Wildman–Crippen LogP) is 5.29. The fraction of sp³-hybridized carbons (Fsp3) is 0.0455. The summed E-state index contributed by atoms with van der Waals surface area (Å²) in [5.74, 6) is -0.390. The molecular weight excluding hydrogens is 391 g/mol. The van der Waals surface area contributed by atoms with E-state index in [1.54, 1.807) is 16.8 Å². The van der Waals surface area contributed by atoms with Gasteiger partial charge in [-0.3, -0.25) is 4.79 Å². The maximum Gasteiger partial charge on any atom is 0.295 e. The van der Waals surface area contributed by atoms with Gasteiger partial charge in [0, 0.05) is 16.3 Å². The van der Waals surface area contributed by atoms with Gasteiger partial charge >= 0.3 is 0 Å². The lowest BCUT2D eigenvalue weighted by Crippen LogP contribution is -2.14. The van der Waals surface area contributed by atoms with Gasteiger partial charge in [0.15, 0.2) is 5.82 Å². The molecule has 0 saturated heterocycles. The fourth-order valence-electron chi connectivity index (χ4n) is 2.91. The molecule has 0 saturated carbocycles. The topological polar surface area (TPSA) is 59.8 Å². The van der Waals surface area contributed by atoms with Crippen molar-refractivity contribution in [2.75, 3.05) is 5.32 Å². The number of aryl methyl sites for hydroxylation is 1. The molecule has 7 heteroatoms. The maximum absolute atomic E-state index is 13.1. The molecule has 0 aliphatic carbocycles. The van der Waals surface area contributed by atoms with Gasteiger partial charge in [0.25, 0.3) is 5.91 Å². The number of aromatic nitrogens is 3. The van der Waals surface area contributed by atoms with Crippen LogP contribution in [-0.2, 0) is 0 Å². The number of nitrogens with zero attached hydrogens (tertiary/aromatic N) is 3. The van der Waals surface area contributed by atoms with Crippen molar-refractivity contribution in [1.29, 1.82) is 0 Å². The highest BCUT2D eigenvalue weighted by Crippen LogP contribution is 2.25. The first-order chi connectivity index (χ1) is 14.0. The number of hydrogen-bond acceptors (Lipinski definition) is 3. The number of amides is 1. The van der Waals surface area contributed by atoms with E-state index in [4.69, 9.17) is 11.6 Å². The van der Waals surface area contributed by atoms with Crippen LogP contribution in [0.25, 0.3) is 17.1 Å².